The molecular weight excluding hydrogens is 325 g/mol. The van der Waals surface area contributed by atoms with Gasteiger partial charge < -0.3 is 15.7 Å². The van der Waals surface area contributed by atoms with Crippen LogP contribution in [0.25, 0.3) is 0 Å². The summed E-state index contributed by atoms with van der Waals surface area (Å²) in [5, 5.41) is 15.6. The number of rotatable bonds is 14. The molecule has 0 saturated carbocycles. The third kappa shape index (κ3) is 32.5. The van der Waals surface area contributed by atoms with E-state index in [0.717, 1.165) is 12.8 Å². The Kier molecular flexibility index (Phi) is 46.5. The standard InChI is InChI=1S/C9H19N2O2.C8H19N.2CH4.Na/c1-3-4-5-6-7-8-10(2)11(13)9-12;1-3-4-5-6-7-8-9-2;;;/h9H,3-8H2,1-2H3;9H,3-8H2,1-2H3;2*1H4;/q-1;;;;+1. The van der Waals surface area contributed by atoms with E-state index < -0.39 is 0 Å². The van der Waals surface area contributed by atoms with Crippen molar-refractivity contribution in [1.29, 1.82) is 0 Å². The Bertz CT molecular complexity index is 217. The van der Waals surface area contributed by atoms with E-state index in [-0.39, 0.29) is 50.8 Å². The number of nitrogens with one attached hydrogen (secondary N) is 1. The molecule has 0 unspecified atom stereocenters. The van der Waals surface area contributed by atoms with Gasteiger partial charge in [0.15, 0.2) is 0 Å². The summed E-state index contributed by atoms with van der Waals surface area (Å²) in [6.45, 7) is 6.26. The number of carbonyl (C=O) groups is 1. The smallest absolute Gasteiger partial charge is 0.741 e. The normalized spacial score (nSPS) is 9.04. The van der Waals surface area contributed by atoms with Gasteiger partial charge in [-0.15, -0.1) is 0 Å². The Morgan fingerprint density at radius 3 is 1.72 bits per heavy atom. The van der Waals surface area contributed by atoms with Crippen molar-refractivity contribution in [3.63, 3.8) is 0 Å². The summed E-state index contributed by atoms with van der Waals surface area (Å²) in [7, 11) is 3.64. The van der Waals surface area contributed by atoms with Crippen LogP contribution in [-0.4, -0.2) is 43.8 Å². The van der Waals surface area contributed by atoms with Gasteiger partial charge in [-0.2, -0.15) is 0 Å². The second-order valence-corrected chi connectivity index (χ2v) is 5.72. The fourth-order valence-corrected chi connectivity index (χ4v) is 2.03. The topological polar surface area (TPSA) is 58.6 Å². The molecule has 0 rings (SSSR count). The first kappa shape index (κ1) is 36.3. The molecule has 0 aromatic heterocycles. The van der Waals surface area contributed by atoms with Gasteiger partial charge in [0.05, 0.1) is 0 Å². The second kappa shape index (κ2) is 32.1. The summed E-state index contributed by atoms with van der Waals surface area (Å²) in [4.78, 5) is 10.1. The quantitative estimate of drug-likeness (QED) is 0.220. The Morgan fingerprint density at radius 2 is 1.32 bits per heavy atom. The number of amides is 1. The average molecular weight is 372 g/mol. The molecule has 0 radical (unpaired) electrons. The molecule has 5 nitrogen and oxygen atoms in total. The van der Waals surface area contributed by atoms with Gasteiger partial charge in [-0.3, -0.25) is 4.79 Å². The van der Waals surface area contributed by atoms with Crippen LogP contribution < -0.4 is 34.9 Å². The number of carbonyl (C=O) groups excluding carboxylic acids is 1. The van der Waals surface area contributed by atoms with Crippen molar-refractivity contribution in [3.8, 4) is 0 Å². The number of unbranched alkanes of at least 4 members (excludes halogenated alkanes) is 8. The van der Waals surface area contributed by atoms with Crippen LogP contribution in [0.1, 0.15) is 92.9 Å². The molecule has 0 aromatic rings. The van der Waals surface area contributed by atoms with Gasteiger partial charge >= 0.3 is 29.6 Å². The SMILES string of the molecule is C.C.CCCCCCCN(C)N([O-])C=O.CCCCCCCNC.[Na+]. The fourth-order valence-electron chi connectivity index (χ4n) is 2.03. The molecule has 25 heavy (non-hydrogen) atoms. The summed E-state index contributed by atoms with van der Waals surface area (Å²) in [5.41, 5.74) is 0. The van der Waals surface area contributed by atoms with Crippen LogP contribution in [0.5, 0.6) is 0 Å². The number of hydrazine groups is 1. The van der Waals surface area contributed by atoms with E-state index in [1.54, 1.807) is 7.05 Å². The molecular formula is C19H46N3NaO2. The molecule has 1 amide bonds. The summed E-state index contributed by atoms with van der Waals surface area (Å²) >= 11 is 0. The molecule has 0 atom stereocenters. The first-order chi connectivity index (χ1) is 10.6. The number of hydrogen-bond acceptors (Lipinski definition) is 4. The first-order valence-corrected chi connectivity index (χ1v) is 8.91. The summed E-state index contributed by atoms with van der Waals surface area (Å²) in [5.74, 6) is 0. The Hall–Kier alpha value is 0.350. The van der Waals surface area contributed by atoms with Crippen molar-refractivity contribution in [3.05, 3.63) is 5.21 Å². The van der Waals surface area contributed by atoms with Crippen molar-refractivity contribution in [2.45, 2.75) is 92.9 Å². The minimum absolute atomic E-state index is 0. The van der Waals surface area contributed by atoms with Crippen LogP contribution in [0.15, 0.2) is 0 Å². The molecule has 0 heterocycles. The van der Waals surface area contributed by atoms with Crippen LogP contribution in [0.4, 0.5) is 0 Å². The van der Waals surface area contributed by atoms with Crippen molar-refractivity contribution in [2.75, 3.05) is 27.2 Å². The van der Waals surface area contributed by atoms with Crippen molar-refractivity contribution in [2.24, 2.45) is 0 Å². The maximum absolute atomic E-state index is 10.7. The fraction of sp³-hybridized carbons (Fsp3) is 0.947. The van der Waals surface area contributed by atoms with Gasteiger partial charge in [0, 0.05) is 13.6 Å². The van der Waals surface area contributed by atoms with Crippen molar-refractivity contribution in [1.82, 2.24) is 15.5 Å². The van der Waals surface area contributed by atoms with Gasteiger partial charge in [0.25, 0.3) is 0 Å². The van der Waals surface area contributed by atoms with Crippen molar-refractivity contribution < 1.29 is 34.4 Å². The van der Waals surface area contributed by atoms with E-state index in [2.05, 4.69) is 19.2 Å². The van der Waals surface area contributed by atoms with Gasteiger partial charge in [0.2, 0.25) is 6.41 Å². The summed E-state index contributed by atoms with van der Waals surface area (Å²) in [6.07, 6.45) is 13.0. The minimum atomic E-state index is 0. The molecule has 0 aromatic carbocycles. The average Bonchev–Trinajstić information content (AvgIpc) is 2.54. The van der Waals surface area contributed by atoms with Crippen LogP contribution in [0.2, 0.25) is 0 Å². The number of hydrogen-bond donors (Lipinski definition) is 1. The zero-order valence-electron chi connectivity index (χ0n) is 16.3. The predicted octanol–water partition coefficient (Wildman–Crippen LogP) is 2.21. The van der Waals surface area contributed by atoms with Gasteiger partial charge in [-0.25, -0.2) is 5.01 Å². The molecule has 0 aliphatic rings. The summed E-state index contributed by atoms with van der Waals surface area (Å²) in [6, 6.07) is 0. The van der Waals surface area contributed by atoms with E-state index in [9.17, 15) is 10.0 Å². The predicted molar refractivity (Wildman–Crippen MR) is 109 cm³/mol. The minimum Gasteiger partial charge on any atom is -0.741 e. The van der Waals surface area contributed by atoms with Crippen LogP contribution in [0.3, 0.4) is 0 Å². The molecule has 1 N–H and O–H groups in total. The number of hydroxylamine groups is 1. The second-order valence-electron chi connectivity index (χ2n) is 5.72. The third-order valence-electron chi connectivity index (χ3n) is 3.54. The molecule has 0 saturated heterocycles. The molecule has 0 bridgehead atoms. The van der Waals surface area contributed by atoms with E-state index >= 15 is 0 Å². The van der Waals surface area contributed by atoms with Gasteiger partial charge in [0.1, 0.15) is 0 Å². The first-order valence-electron chi connectivity index (χ1n) is 8.91. The van der Waals surface area contributed by atoms with E-state index in [4.69, 9.17) is 0 Å². The van der Waals surface area contributed by atoms with Crippen molar-refractivity contribution >= 4 is 6.41 Å². The monoisotopic (exact) mass is 371 g/mol. The Labute approximate surface area is 181 Å². The maximum Gasteiger partial charge on any atom is 1.00 e. The molecule has 0 fully saturated rings. The van der Waals surface area contributed by atoms with E-state index in [1.807, 2.05) is 7.05 Å². The Balaban J connectivity index is -0.0000001000. The molecule has 0 spiro atoms. The summed E-state index contributed by atoms with van der Waals surface area (Å²) < 4.78 is 0. The molecule has 150 valence electrons. The third-order valence-corrected chi connectivity index (χ3v) is 3.54. The zero-order chi connectivity index (χ0) is 17.1. The number of nitrogens with zero attached hydrogens (tertiary/aromatic N) is 2. The molecule has 0 aliphatic carbocycles. The zero-order valence-corrected chi connectivity index (χ0v) is 18.3. The molecule has 6 heteroatoms. The van der Waals surface area contributed by atoms with E-state index in [1.165, 1.54) is 62.9 Å². The van der Waals surface area contributed by atoms with Gasteiger partial charge in [-0.1, -0.05) is 80.1 Å². The van der Waals surface area contributed by atoms with E-state index in [0.29, 0.717) is 11.7 Å². The van der Waals surface area contributed by atoms with Crippen LogP contribution >= 0.6 is 0 Å². The van der Waals surface area contributed by atoms with Crippen LogP contribution in [0, 0.1) is 5.21 Å². The largest absolute Gasteiger partial charge is 1.00 e. The van der Waals surface area contributed by atoms with Crippen LogP contribution in [-0.2, 0) is 4.79 Å². The maximum atomic E-state index is 10.7. The Morgan fingerprint density at radius 1 is 0.880 bits per heavy atom. The van der Waals surface area contributed by atoms with Gasteiger partial charge in [-0.05, 0) is 26.4 Å². The molecule has 0 aliphatic heterocycles.